The van der Waals surface area contributed by atoms with E-state index in [4.69, 9.17) is 27.9 Å². The summed E-state index contributed by atoms with van der Waals surface area (Å²) < 4.78 is 5.91. The molecule has 0 amide bonds. The van der Waals surface area contributed by atoms with Crippen molar-refractivity contribution < 1.29 is 4.74 Å². The van der Waals surface area contributed by atoms with E-state index in [0.717, 1.165) is 30.2 Å². The van der Waals surface area contributed by atoms with Crippen molar-refractivity contribution in [2.45, 2.75) is 24.9 Å². The molecule has 1 aromatic heterocycles. The molecule has 1 saturated heterocycles. The first kappa shape index (κ1) is 15.2. The third-order valence-corrected chi connectivity index (χ3v) is 5.11. The van der Waals surface area contributed by atoms with Gasteiger partial charge in [0, 0.05) is 30.8 Å². The van der Waals surface area contributed by atoms with Crippen molar-refractivity contribution in [3.8, 4) is 0 Å². The van der Waals surface area contributed by atoms with Gasteiger partial charge in [-0.05, 0) is 30.5 Å². The maximum absolute atomic E-state index is 6.13. The molecule has 1 atom stereocenters. The van der Waals surface area contributed by atoms with E-state index >= 15 is 0 Å². The Morgan fingerprint density at radius 1 is 1.09 bits per heavy atom. The van der Waals surface area contributed by atoms with Crippen molar-refractivity contribution >= 4 is 29.0 Å². The highest BCUT2D eigenvalue weighted by atomic mass is 35.5. The quantitative estimate of drug-likeness (QED) is 0.830. The molecule has 23 heavy (non-hydrogen) atoms. The summed E-state index contributed by atoms with van der Waals surface area (Å²) in [5.41, 5.74) is 2.20. The fraction of sp³-hybridized carbons (Fsp3) is 0.412. The summed E-state index contributed by atoms with van der Waals surface area (Å²) in [4.78, 5) is 11.1. The van der Waals surface area contributed by atoms with Gasteiger partial charge in [-0.1, -0.05) is 29.3 Å². The molecule has 1 aliphatic heterocycles. The molecule has 0 unspecified atom stereocenters. The Morgan fingerprint density at radius 3 is 2.74 bits per heavy atom. The molecule has 120 valence electrons. The van der Waals surface area contributed by atoms with E-state index in [-0.39, 0.29) is 6.10 Å². The van der Waals surface area contributed by atoms with Crippen molar-refractivity contribution in [2.75, 3.05) is 24.6 Å². The lowest BCUT2D eigenvalue weighted by Crippen LogP contribution is -2.39. The number of anilines is 1. The van der Waals surface area contributed by atoms with Crippen LogP contribution in [0.1, 0.15) is 36.1 Å². The number of morpholine rings is 1. The number of ether oxygens (including phenoxy) is 1. The zero-order valence-corrected chi connectivity index (χ0v) is 14.1. The summed E-state index contributed by atoms with van der Waals surface area (Å²) in [7, 11) is 0. The molecule has 2 aliphatic rings. The molecule has 4 rings (SSSR count). The second kappa shape index (κ2) is 6.27. The van der Waals surface area contributed by atoms with Crippen LogP contribution in [0.25, 0.3) is 0 Å². The van der Waals surface area contributed by atoms with Gasteiger partial charge in [0.25, 0.3) is 0 Å². The predicted molar refractivity (Wildman–Crippen MR) is 91.4 cm³/mol. The Kier molecular flexibility index (Phi) is 4.14. The van der Waals surface area contributed by atoms with Crippen molar-refractivity contribution in [2.24, 2.45) is 0 Å². The first-order valence-electron chi connectivity index (χ1n) is 7.84. The fourth-order valence-corrected chi connectivity index (χ4v) is 3.22. The molecular formula is C17H17Cl2N3O. The second-order valence-corrected chi connectivity index (χ2v) is 6.87. The number of nitrogens with zero attached hydrogens (tertiary/aromatic N) is 3. The number of benzene rings is 1. The lowest BCUT2D eigenvalue weighted by molar-refractivity contribution is 0.0395. The van der Waals surface area contributed by atoms with Gasteiger partial charge in [0.2, 0.25) is 0 Å². The normalized spacial score (nSPS) is 21.5. The van der Waals surface area contributed by atoms with Gasteiger partial charge < -0.3 is 9.64 Å². The van der Waals surface area contributed by atoms with E-state index in [1.54, 1.807) is 6.33 Å². The average Bonchev–Trinajstić information content (AvgIpc) is 3.43. The molecule has 2 heterocycles. The van der Waals surface area contributed by atoms with Crippen LogP contribution in [0.3, 0.4) is 0 Å². The van der Waals surface area contributed by atoms with Crippen LogP contribution in [0.15, 0.2) is 30.6 Å². The van der Waals surface area contributed by atoms with Crippen LogP contribution in [0.5, 0.6) is 0 Å². The molecule has 6 heteroatoms. The highest BCUT2D eigenvalue weighted by Gasteiger charge is 2.27. The maximum Gasteiger partial charge on any atom is 0.132 e. The van der Waals surface area contributed by atoms with Gasteiger partial charge in [0.05, 0.1) is 16.7 Å². The van der Waals surface area contributed by atoms with Crippen molar-refractivity contribution in [1.29, 1.82) is 0 Å². The van der Waals surface area contributed by atoms with Gasteiger partial charge in [-0.15, -0.1) is 0 Å². The Morgan fingerprint density at radius 2 is 1.96 bits per heavy atom. The van der Waals surface area contributed by atoms with Crippen LogP contribution < -0.4 is 4.90 Å². The summed E-state index contributed by atoms with van der Waals surface area (Å²) in [6, 6.07) is 7.79. The van der Waals surface area contributed by atoms with Gasteiger partial charge in [-0.2, -0.15) is 0 Å². The van der Waals surface area contributed by atoms with Gasteiger partial charge in [-0.3, -0.25) is 0 Å². The number of hydrogen-bond acceptors (Lipinski definition) is 4. The van der Waals surface area contributed by atoms with Crippen LogP contribution in [-0.4, -0.2) is 29.7 Å². The molecule has 1 saturated carbocycles. The van der Waals surface area contributed by atoms with E-state index in [9.17, 15) is 0 Å². The van der Waals surface area contributed by atoms with E-state index in [2.05, 4.69) is 20.9 Å². The maximum atomic E-state index is 6.13. The molecule has 1 aliphatic carbocycles. The SMILES string of the molecule is Clc1ccc([C@@H]2CN(c3cc(C4CC4)ncn3)CCO2)cc1Cl. The smallest absolute Gasteiger partial charge is 0.132 e. The number of hydrogen-bond donors (Lipinski definition) is 0. The molecule has 0 bridgehead atoms. The highest BCUT2D eigenvalue weighted by Crippen LogP contribution is 2.39. The first-order valence-corrected chi connectivity index (χ1v) is 8.60. The Labute approximate surface area is 145 Å². The summed E-state index contributed by atoms with van der Waals surface area (Å²) in [6.07, 6.45) is 4.13. The Balaban J connectivity index is 1.54. The minimum absolute atomic E-state index is 0.0298. The molecule has 4 nitrogen and oxygen atoms in total. The fourth-order valence-electron chi connectivity index (χ4n) is 2.91. The Bertz CT molecular complexity index is 721. The third kappa shape index (κ3) is 3.30. The predicted octanol–water partition coefficient (Wildman–Crippen LogP) is 4.24. The summed E-state index contributed by atoms with van der Waals surface area (Å²) in [5, 5.41) is 1.12. The average molecular weight is 350 g/mol. The second-order valence-electron chi connectivity index (χ2n) is 6.05. The van der Waals surface area contributed by atoms with Crippen LogP contribution >= 0.6 is 23.2 Å². The van der Waals surface area contributed by atoms with E-state index in [1.165, 1.54) is 12.8 Å². The largest absolute Gasteiger partial charge is 0.370 e. The lowest BCUT2D eigenvalue weighted by Gasteiger charge is -2.34. The van der Waals surface area contributed by atoms with Crippen LogP contribution in [0.4, 0.5) is 5.82 Å². The molecule has 2 fully saturated rings. The number of halogens is 2. The number of aromatic nitrogens is 2. The molecule has 1 aromatic carbocycles. The van der Waals surface area contributed by atoms with Crippen molar-refractivity contribution in [3.05, 3.63) is 51.9 Å². The van der Waals surface area contributed by atoms with Crippen molar-refractivity contribution in [1.82, 2.24) is 9.97 Å². The van der Waals surface area contributed by atoms with Gasteiger partial charge in [0.1, 0.15) is 18.2 Å². The zero-order chi connectivity index (χ0) is 15.8. The topological polar surface area (TPSA) is 38.2 Å². The molecule has 0 radical (unpaired) electrons. The zero-order valence-electron chi connectivity index (χ0n) is 12.6. The first-order chi connectivity index (χ1) is 11.2. The highest BCUT2D eigenvalue weighted by molar-refractivity contribution is 6.42. The van der Waals surface area contributed by atoms with Crippen LogP contribution in [0.2, 0.25) is 10.0 Å². The van der Waals surface area contributed by atoms with Gasteiger partial charge in [0.15, 0.2) is 0 Å². The Hall–Kier alpha value is -1.36. The van der Waals surface area contributed by atoms with E-state index in [0.29, 0.717) is 22.6 Å². The summed E-state index contributed by atoms with van der Waals surface area (Å²) in [6.45, 7) is 2.24. The van der Waals surface area contributed by atoms with Crippen LogP contribution in [0, 0.1) is 0 Å². The lowest BCUT2D eigenvalue weighted by atomic mass is 10.1. The molecule has 0 spiro atoms. The summed E-state index contributed by atoms with van der Waals surface area (Å²) >= 11 is 12.1. The minimum atomic E-state index is -0.0298. The third-order valence-electron chi connectivity index (χ3n) is 4.38. The molecule has 2 aromatic rings. The van der Waals surface area contributed by atoms with Gasteiger partial charge >= 0.3 is 0 Å². The van der Waals surface area contributed by atoms with E-state index < -0.39 is 0 Å². The molecular weight excluding hydrogens is 333 g/mol. The van der Waals surface area contributed by atoms with Crippen molar-refractivity contribution in [3.63, 3.8) is 0 Å². The van der Waals surface area contributed by atoms with Crippen LogP contribution in [-0.2, 0) is 4.74 Å². The molecule has 0 N–H and O–H groups in total. The summed E-state index contributed by atoms with van der Waals surface area (Å²) in [5.74, 6) is 1.61. The van der Waals surface area contributed by atoms with E-state index in [1.807, 2.05) is 18.2 Å². The minimum Gasteiger partial charge on any atom is -0.370 e. The monoisotopic (exact) mass is 349 g/mol. The van der Waals surface area contributed by atoms with Gasteiger partial charge in [-0.25, -0.2) is 9.97 Å². The standard InChI is InChI=1S/C17H17Cl2N3O/c18-13-4-3-12(7-14(13)19)16-9-22(5-6-23-16)17-8-15(11-1-2-11)20-10-21-17/h3-4,7-8,10-11,16H,1-2,5-6,9H2/t16-/m0/s1. The number of rotatable bonds is 3.